The van der Waals surface area contributed by atoms with Crippen LogP contribution in [-0.4, -0.2) is 41.6 Å². The smallest absolute Gasteiger partial charge is 0.228 e. The summed E-state index contributed by atoms with van der Waals surface area (Å²) < 4.78 is 5.44. The van der Waals surface area contributed by atoms with Crippen LogP contribution in [0.4, 0.5) is 0 Å². The molecule has 6 nitrogen and oxygen atoms in total. The Bertz CT molecular complexity index is 545. The van der Waals surface area contributed by atoms with Gasteiger partial charge in [0.25, 0.3) is 0 Å². The third-order valence-electron chi connectivity index (χ3n) is 3.67. The highest BCUT2D eigenvalue weighted by Gasteiger charge is 2.30. The Morgan fingerprint density at radius 3 is 2.95 bits per heavy atom. The highest BCUT2D eigenvalue weighted by atomic mass is 16.5. The molecule has 1 saturated heterocycles. The van der Waals surface area contributed by atoms with Crippen LogP contribution in [0.3, 0.4) is 0 Å². The lowest BCUT2D eigenvalue weighted by atomic mass is 10.0. The first-order chi connectivity index (χ1) is 10.0. The molecule has 3 N–H and O–H groups in total. The van der Waals surface area contributed by atoms with E-state index in [0.717, 1.165) is 12.0 Å². The molecule has 1 aromatic rings. The van der Waals surface area contributed by atoms with E-state index in [0.29, 0.717) is 18.7 Å². The van der Waals surface area contributed by atoms with E-state index in [2.05, 4.69) is 5.16 Å². The van der Waals surface area contributed by atoms with Crippen molar-refractivity contribution in [1.29, 1.82) is 0 Å². The number of oxime groups is 1. The first kappa shape index (κ1) is 15.3. The van der Waals surface area contributed by atoms with Crippen LogP contribution in [0.2, 0.25) is 0 Å². The van der Waals surface area contributed by atoms with Crippen LogP contribution in [0.5, 0.6) is 0 Å². The Labute approximate surface area is 124 Å². The largest absolute Gasteiger partial charge is 0.409 e. The van der Waals surface area contributed by atoms with Gasteiger partial charge < -0.3 is 20.6 Å². The quantitative estimate of drug-likeness (QED) is 0.377. The molecule has 1 aliphatic heterocycles. The van der Waals surface area contributed by atoms with Gasteiger partial charge in [-0.2, -0.15) is 0 Å². The predicted octanol–water partition coefficient (Wildman–Crippen LogP) is 1.16. The third kappa shape index (κ3) is 3.72. The number of benzene rings is 1. The maximum atomic E-state index is 12.3. The van der Waals surface area contributed by atoms with Crippen molar-refractivity contribution < 1.29 is 14.7 Å². The minimum atomic E-state index is -0.0581. The second-order valence-electron chi connectivity index (χ2n) is 5.46. The van der Waals surface area contributed by atoms with Gasteiger partial charge in [-0.3, -0.25) is 4.79 Å². The zero-order valence-corrected chi connectivity index (χ0v) is 12.3. The van der Waals surface area contributed by atoms with Crippen molar-refractivity contribution in [2.45, 2.75) is 26.0 Å². The normalized spacial score (nSPS) is 22.3. The molecule has 2 unspecified atom stereocenters. The lowest BCUT2D eigenvalue weighted by Crippen LogP contribution is -2.33. The van der Waals surface area contributed by atoms with Gasteiger partial charge in [-0.1, -0.05) is 23.4 Å². The van der Waals surface area contributed by atoms with Gasteiger partial charge in [0, 0.05) is 19.2 Å². The minimum Gasteiger partial charge on any atom is -0.409 e. The highest BCUT2D eigenvalue weighted by Crippen LogP contribution is 2.21. The number of rotatable bonds is 4. The number of carbonyl (C=O) groups is 1. The van der Waals surface area contributed by atoms with Crippen molar-refractivity contribution >= 4 is 11.7 Å². The van der Waals surface area contributed by atoms with Gasteiger partial charge in [0.05, 0.1) is 18.6 Å². The fourth-order valence-corrected chi connectivity index (χ4v) is 2.54. The number of ether oxygens (including phenoxy) is 1. The van der Waals surface area contributed by atoms with Crippen molar-refractivity contribution in [3.05, 3.63) is 35.4 Å². The van der Waals surface area contributed by atoms with Crippen molar-refractivity contribution in [2.24, 2.45) is 16.8 Å². The van der Waals surface area contributed by atoms with Crippen LogP contribution in [0, 0.1) is 5.92 Å². The summed E-state index contributed by atoms with van der Waals surface area (Å²) in [5.74, 6) is 0.0923. The van der Waals surface area contributed by atoms with Crippen LogP contribution in [0.15, 0.2) is 29.4 Å². The van der Waals surface area contributed by atoms with Crippen molar-refractivity contribution in [3.63, 3.8) is 0 Å². The molecule has 0 saturated carbocycles. The van der Waals surface area contributed by atoms with E-state index in [1.807, 2.05) is 25.1 Å². The Kier molecular flexibility index (Phi) is 4.80. The van der Waals surface area contributed by atoms with Crippen LogP contribution in [-0.2, 0) is 16.1 Å². The second kappa shape index (κ2) is 6.58. The van der Waals surface area contributed by atoms with E-state index < -0.39 is 0 Å². The number of nitrogens with zero attached hydrogens (tertiary/aromatic N) is 2. The molecule has 0 aromatic heterocycles. The topological polar surface area (TPSA) is 88.2 Å². The Hall–Kier alpha value is -2.08. The second-order valence-corrected chi connectivity index (χ2v) is 5.46. The lowest BCUT2D eigenvalue weighted by molar-refractivity contribution is -0.134. The van der Waals surface area contributed by atoms with Crippen LogP contribution < -0.4 is 5.73 Å². The Morgan fingerprint density at radius 2 is 2.33 bits per heavy atom. The summed E-state index contributed by atoms with van der Waals surface area (Å²) in [5.41, 5.74) is 7.14. The van der Waals surface area contributed by atoms with E-state index in [1.165, 1.54) is 0 Å². The monoisotopic (exact) mass is 291 g/mol. The van der Waals surface area contributed by atoms with Gasteiger partial charge in [0.1, 0.15) is 0 Å². The molecular weight excluding hydrogens is 270 g/mol. The average molecular weight is 291 g/mol. The molecule has 1 fully saturated rings. The molecule has 0 aliphatic carbocycles. The summed E-state index contributed by atoms with van der Waals surface area (Å²) in [6.45, 7) is 2.96. The molecule has 6 heteroatoms. The maximum absolute atomic E-state index is 12.3. The first-order valence-electron chi connectivity index (χ1n) is 6.94. The number of amides is 1. The fraction of sp³-hybridized carbons (Fsp3) is 0.467. The van der Waals surface area contributed by atoms with Crippen LogP contribution in [0.1, 0.15) is 24.5 Å². The standard InChI is InChI=1S/C15H21N3O3/c1-10-6-13(9-21-10)15(19)18(2)8-11-4-3-5-12(7-11)14(16)17-20/h3-5,7,10,13,20H,6,8-9H2,1-2H3,(H2,16,17). The molecule has 114 valence electrons. The summed E-state index contributed by atoms with van der Waals surface area (Å²) in [6, 6.07) is 7.30. The molecule has 1 heterocycles. The van der Waals surface area contributed by atoms with E-state index in [9.17, 15) is 4.79 Å². The van der Waals surface area contributed by atoms with Gasteiger partial charge >= 0.3 is 0 Å². The summed E-state index contributed by atoms with van der Waals surface area (Å²) in [6.07, 6.45) is 0.920. The van der Waals surface area contributed by atoms with Crippen LogP contribution in [0.25, 0.3) is 0 Å². The average Bonchev–Trinajstić information content (AvgIpc) is 2.92. The van der Waals surface area contributed by atoms with E-state index in [1.54, 1.807) is 18.0 Å². The number of amidine groups is 1. The molecule has 2 rings (SSSR count). The van der Waals surface area contributed by atoms with Gasteiger partial charge in [-0.15, -0.1) is 0 Å². The van der Waals surface area contributed by atoms with Gasteiger partial charge in [-0.05, 0) is 25.0 Å². The summed E-state index contributed by atoms with van der Waals surface area (Å²) in [5, 5.41) is 11.7. The predicted molar refractivity (Wildman–Crippen MR) is 78.9 cm³/mol. The molecule has 1 aliphatic rings. The molecule has 0 radical (unpaired) electrons. The molecule has 1 aromatic carbocycles. The Balaban J connectivity index is 2.02. The van der Waals surface area contributed by atoms with E-state index in [-0.39, 0.29) is 23.8 Å². The molecule has 2 atom stereocenters. The summed E-state index contributed by atoms with van der Waals surface area (Å²) >= 11 is 0. The first-order valence-corrected chi connectivity index (χ1v) is 6.94. The summed E-state index contributed by atoms with van der Waals surface area (Å²) in [4.78, 5) is 14.0. The van der Waals surface area contributed by atoms with Crippen molar-refractivity contribution in [2.75, 3.05) is 13.7 Å². The zero-order valence-electron chi connectivity index (χ0n) is 12.3. The molecule has 1 amide bonds. The number of carbonyl (C=O) groups excluding carboxylic acids is 1. The molecular formula is C15H21N3O3. The van der Waals surface area contributed by atoms with Gasteiger partial charge in [0.2, 0.25) is 5.91 Å². The fourth-order valence-electron chi connectivity index (χ4n) is 2.54. The zero-order chi connectivity index (χ0) is 15.4. The number of nitrogens with two attached hydrogens (primary N) is 1. The van der Waals surface area contributed by atoms with Crippen molar-refractivity contribution in [1.82, 2.24) is 4.90 Å². The number of hydrogen-bond donors (Lipinski definition) is 2. The highest BCUT2D eigenvalue weighted by molar-refractivity contribution is 5.97. The SMILES string of the molecule is CC1CC(C(=O)N(C)Cc2cccc(/C(N)=N/O)c2)CO1. The third-order valence-corrected chi connectivity index (χ3v) is 3.67. The van der Waals surface area contributed by atoms with Gasteiger partial charge in [-0.25, -0.2) is 0 Å². The maximum Gasteiger partial charge on any atom is 0.228 e. The molecule has 0 spiro atoms. The van der Waals surface area contributed by atoms with Crippen LogP contribution >= 0.6 is 0 Å². The van der Waals surface area contributed by atoms with Gasteiger partial charge in [0.15, 0.2) is 5.84 Å². The van der Waals surface area contributed by atoms with Crippen molar-refractivity contribution in [3.8, 4) is 0 Å². The molecule has 0 bridgehead atoms. The lowest BCUT2D eigenvalue weighted by Gasteiger charge is -2.20. The number of hydrogen-bond acceptors (Lipinski definition) is 4. The Morgan fingerprint density at radius 1 is 1.57 bits per heavy atom. The molecule has 21 heavy (non-hydrogen) atoms. The summed E-state index contributed by atoms with van der Waals surface area (Å²) in [7, 11) is 1.78. The van der Waals surface area contributed by atoms with E-state index >= 15 is 0 Å². The minimum absolute atomic E-state index is 0.0581. The van der Waals surface area contributed by atoms with E-state index in [4.69, 9.17) is 15.7 Å².